The minimum absolute atomic E-state index is 0.0287. The Morgan fingerprint density at radius 1 is 1.22 bits per heavy atom. The first kappa shape index (κ1) is 17.6. The van der Waals surface area contributed by atoms with E-state index in [1.807, 2.05) is 12.2 Å². The number of ether oxygens (including phenoxy) is 1. The Kier molecular flexibility index (Phi) is 4.37. The van der Waals surface area contributed by atoms with Crippen LogP contribution in [0.1, 0.15) is 19.3 Å². The molecule has 1 saturated heterocycles. The van der Waals surface area contributed by atoms with Crippen molar-refractivity contribution in [2.75, 3.05) is 23.9 Å². The maximum atomic E-state index is 12.9. The molecule has 7 nitrogen and oxygen atoms in total. The summed E-state index contributed by atoms with van der Waals surface area (Å²) in [7, 11) is 1.54. The molecule has 2 N–H and O–H groups in total. The van der Waals surface area contributed by atoms with Crippen molar-refractivity contribution >= 4 is 29.2 Å². The molecule has 1 saturated carbocycles. The second-order valence-electron chi connectivity index (χ2n) is 7.36. The minimum Gasteiger partial charge on any atom is -0.495 e. The Bertz CT molecular complexity index is 834. The molecule has 0 spiro atoms. The lowest BCUT2D eigenvalue weighted by atomic mass is 9.82. The number of amides is 2. The van der Waals surface area contributed by atoms with E-state index in [4.69, 9.17) is 4.74 Å². The maximum Gasteiger partial charge on any atom is 0.307 e. The summed E-state index contributed by atoms with van der Waals surface area (Å²) in [6.07, 6.45) is 5.87. The average Bonchev–Trinajstić information content (AvgIpc) is 3.36. The van der Waals surface area contributed by atoms with Crippen molar-refractivity contribution in [1.29, 1.82) is 0 Å². The van der Waals surface area contributed by atoms with Gasteiger partial charge in [0, 0.05) is 18.7 Å². The second-order valence-corrected chi connectivity index (χ2v) is 7.36. The Morgan fingerprint density at radius 2 is 1.96 bits per heavy atom. The Hall–Kier alpha value is -2.83. The second kappa shape index (κ2) is 6.72. The summed E-state index contributed by atoms with van der Waals surface area (Å²) in [6, 6.07) is 5.14. The van der Waals surface area contributed by atoms with Crippen LogP contribution in [0, 0.1) is 23.7 Å². The Labute approximate surface area is 157 Å². The van der Waals surface area contributed by atoms with Crippen molar-refractivity contribution in [3.63, 3.8) is 0 Å². The number of carboxylic acid groups (broad SMARTS) is 1. The van der Waals surface area contributed by atoms with Gasteiger partial charge in [-0.15, -0.1) is 0 Å². The van der Waals surface area contributed by atoms with Crippen molar-refractivity contribution in [1.82, 2.24) is 0 Å². The van der Waals surface area contributed by atoms with Crippen LogP contribution in [0.3, 0.4) is 0 Å². The zero-order chi connectivity index (χ0) is 19.1. The summed E-state index contributed by atoms with van der Waals surface area (Å²) in [5.74, 6) is -1.98. The predicted octanol–water partition coefficient (Wildman–Crippen LogP) is 2.28. The summed E-state index contributed by atoms with van der Waals surface area (Å²) in [5, 5.41) is 12.4. The fraction of sp³-hybridized carbons (Fsp3) is 0.450. The van der Waals surface area contributed by atoms with Crippen LogP contribution in [-0.4, -0.2) is 36.5 Å². The largest absolute Gasteiger partial charge is 0.495 e. The zero-order valence-electron chi connectivity index (χ0n) is 15.1. The third-order valence-corrected chi connectivity index (χ3v) is 5.86. The number of carboxylic acids is 1. The van der Waals surface area contributed by atoms with E-state index >= 15 is 0 Å². The van der Waals surface area contributed by atoms with E-state index in [1.165, 1.54) is 7.11 Å². The van der Waals surface area contributed by atoms with Crippen LogP contribution < -0.4 is 15.0 Å². The molecule has 2 aliphatic carbocycles. The fourth-order valence-electron chi connectivity index (χ4n) is 4.62. The maximum absolute atomic E-state index is 12.9. The summed E-state index contributed by atoms with van der Waals surface area (Å²) in [5.41, 5.74) is 1.16. The van der Waals surface area contributed by atoms with E-state index < -0.39 is 17.8 Å². The van der Waals surface area contributed by atoms with Gasteiger partial charge in [0.25, 0.3) is 0 Å². The third-order valence-electron chi connectivity index (χ3n) is 5.86. The lowest BCUT2D eigenvalue weighted by molar-refractivity contribution is -0.146. The first-order valence-corrected chi connectivity index (χ1v) is 9.20. The van der Waals surface area contributed by atoms with Gasteiger partial charge >= 0.3 is 5.97 Å². The van der Waals surface area contributed by atoms with Crippen molar-refractivity contribution in [3.05, 3.63) is 30.4 Å². The van der Waals surface area contributed by atoms with Gasteiger partial charge in [0.1, 0.15) is 5.75 Å². The molecule has 2 bridgehead atoms. The normalized spacial score (nSPS) is 28.6. The van der Waals surface area contributed by atoms with Crippen LogP contribution in [0.15, 0.2) is 30.4 Å². The lowest BCUT2D eigenvalue weighted by Crippen LogP contribution is -2.36. The van der Waals surface area contributed by atoms with Crippen molar-refractivity contribution in [2.24, 2.45) is 23.7 Å². The van der Waals surface area contributed by atoms with Gasteiger partial charge < -0.3 is 20.1 Å². The van der Waals surface area contributed by atoms with E-state index in [0.29, 0.717) is 36.5 Å². The highest BCUT2D eigenvalue weighted by Crippen LogP contribution is 2.48. The van der Waals surface area contributed by atoms with Gasteiger partial charge in [0.2, 0.25) is 11.8 Å². The number of hydrogen-bond acceptors (Lipinski definition) is 4. The van der Waals surface area contributed by atoms with E-state index in [9.17, 15) is 19.5 Å². The molecule has 142 valence electrons. The molecular formula is C20H22N2O5. The molecule has 1 heterocycles. The van der Waals surface area contributed by atoms with Gasteiger partial charge in [0.15, 0.2) is 0 Å². The summed E-state index contributed by atoms with van der Waals surface area (Å²) >= 11 is 0. The van der Waals surface area contributed by atoms with Crippen molar-refractivity contribution in [2.45, 2.75) is 19.3 Å². The van der Waals surface area contributed by atoms with Crippen LogP contribution in [0.4, 0.5) is 11.4 Å². The SMILES string of the molecule is COc1ccc(NC(=O)C2C3C=CC(C3)C2C(=O)O)cc1N1CCCC1=O. The number of nitrogens with one attached hydrogen (secondary N) is 1. The fourth-order valence-corrected chi connectivity index (χ4v) is 4.62. The first-order valence-electron chi connectivity index (χ1n) is 9.20. The highest BCUT2D eigenvalue weighted by Gasteiger charge is 2.51. The summed E-state index contributed by atoms with van der Waals surface area (Å²) in [4.78, 5) is 38.2. The highest BCUT2D eigenvalue weighted by atomic mass is 16.5. The number of methoxy groups -OCH3 is 1. The van der Waals surface area contributed by atoms with Crippen LogP contribution in [0.5, 0.6) is 5.75 Å². The molecule has 1 aromatic carbocycles. The van der Waals surface area contributed by atoms with Crippen LogP contribution in [0.2, 0.25) is 0 Å². The summed E-state index contributed by atoms with van der Waals surface area (Å²) in [6.45, 7) is 0.616. The molecule has 27 heavy (non-hydrogen) atoms. The van der Waals surface area contributed by atoms with Gasteiger partial charge in [0.05, 0.1) is 24.6 Å². The number of hydrogen-bond donors (Lipinski definition) is 2. The molecular weight excluding hydrogens is 348 g/mol. The van der Waals surface area contributed by atoms with Gasteiger partial charge in [-0.1, -0.05) is 12.2 Å². The standard InChI is InChI=1S/C20H22N2O5/c1-27-15-7-6-13(10-14(15)22-8-2-3-16(22)23)21-19(24)17-11-4-5-12(9-11)18(17)20(25)26/h4-7,10-12,17-18H,2-3,8-9H2,1H3,(H,21,24)(H,25,26). The monoisotopic (exact) mass is 370 g/mol. The number of aliphatic carboxylic acids is 1. The number of fused-ring (bicyclic) bond motifs is 2. The number of nitrogens with zero attached hydrogens (tertiary/aromatic N) is 1. The first-order chi connectivity index (χ1) is 13.0. The van der Waals surface area contributed by atoms with Crippen LogP contribution in [-0.2, 0) is 14.4 Å². The van der Waals surface area contributed by atoms with Gasteiger partial charge in [-0.2, -0.15) is 0 Å². The average molecular weight is 370 g/mol. The number of carbonyl (C=O) groups is 3. The molecule has 0 radical (unpaired) electrons. The molecule has 4 unspecified atom stereocenters. The van der Waals surface area contributed by atoms with E-state index in [1.54, 1.807) is 23.1 Å². The van der Waals surface area contributed by atoms with E-state index in [2.05, 4.69) is 5.32 Å². The molecule has 3 aliphatic rings. The number of carbonyl (C=O) groups excluding carboxylic acids is 2. The summed E-state index contributed by atoms with van der Waals surface area (Å²) < 4.78 is 5.36. The van der Waals surface area contributed by atoms with Crippen LogP contribution in [0.25, 0.3) is 0 Å². The minimum atomic E-state index is -0.926. The molecule has 0 aromatic heterocycles. The quantitative estimate of drug-likeness (QED) is 0.775. The molecule has 4 rings (SSSR count). The number of rotatable bonds is 5. The van der Waals surface area contributed by atoms with Crippen molar-refractivity contribution in [3.8, 4) is 5.75 Å². The molecule has 1 aromatic rings. The van der Waals surface area contributed by atoms with E-state index in [0.717, 1.165) is 6.42 Å². The number of allylic oxidation sites excluding steroid dienone is 2. The predicted molar refractivity (Wildman–Crippen MR) is 98.6 cm³/mol. The molecule has 1 aliphatic heterocycles. The van der Waals surface area contributed by atoms with Gasteiger partial charge in [-0.3, -0.25) is 14.4 Å². The van der Waals surface area contributed by atoms with Crippen molar-refractivity contribution < 1.29 is 24.2 Å². The molecule has 2 fully saturated rings. The third kappa shape index (κ3) is 2.97. The molecule has 4 atom stereocenters. The molecule has 7 heteroatoms. The number of benzene rings is 1. The Morgan fingerprint density at radius 3 is 2.59 bits per heavy atom. The van der Waals surface area contributed by atoms with Gasteiger partial charge in [-0.05, 0) is 42.9 Å². The smallest absolute Gasteiger partial charge is 0.307 e. The van der Waals surface area contributed by atoms with Gasteiger partial charge in [-0.25, -0.2) is 0 Å². The zero-order valence-corrected chi connectivity index (χ0v) is 15.1. The van der Waals surface area contributed by atoms with E-state index in [-0.39, 0.29) is 23.7 Å². The lowest BCUT2D eigenvalue weighted by Gasteiger charge is -2.24. The van der Waals surface area contributed by atoms with Crippen LogP contribution >= 0.6 is 0 Å². The number of anilines is 2. The Balaban J connectivity index is 1.57. The molecule has 2 amide bonds. The topological polar surface area (TPSA) is 95.9 Å². The highest BCUT2D eigenvalue weighted by molar-refractivity contribution is 6.00.